The summed E-state index contributed by atoms with van der Waals surface area (Å²) in [5.74, 6) is 0. The average Bonchev–Trinajstić information content (AvgIpc) is 2.72. The molecule has 1 aliphatic rings. The first-order valence-corrected chi connectivity index (χ1v) is 9.36. The number of benzene rings is 2. The van der Waals surface area contributed by atoms with Crippen LogP contribution in [-0.2, 0) is 4.74 Å². The lowest BCUT2D eigenvalue weighted by Crippen LogP contribution is -2.36. The van der Waals surface area contributed by atoms with Crippen LogP contribution in [-0.4, -0.2) is 37.0 Å². The van der Waals surface area contributed by atoms with Crippen LogP contribution in [0.2, 0.25) is 5.02 Å². The first kappa shape index (κ1) is 17.8. The van der Waals surface area contributed by atoms with Crippen LogP contribution in [0.25, 0.3) is 10.9 Å². The third-order valence-corrected chi connectivity index (χ3v) is 4.95. The predicted molar refractivity (Wildman–Crippen MR) is 112 cm³/mol. The van der Waals surface area contributed by atoms with Crippen molar-refractivity contribution >= 4 is 39.6 Å². The van der Waals surface area contributed by atoms with Crippen molar-refractivity contribution in [2.24, 2.45) is 5.10 Å². The fraction of sp³-hybridized carbons (Fsp3) is 0.238. The summed E-state index contributed by atoms with van der Waals surface area (Å²) in [6.45, 7) is 5.45. The monoisotopic (exact) mass is 380 g/mol. The number of morpholine rings is 1. The number of nitrogens with zero attached hydrogens (tertiary/aromatic N) is 3. The molecule has 0 amide bonds. The summed E-state index contributed by atoms with van der Waals surface area (Å²) >= 11 is 6.05. The van der Waals surface area contributed by atoms with Crippen molar-refractivity contribution in [3.05, 3.63) is 65.3 Å². The Morgan fingerprint density at radius 3 is 2.67 bits per heavy atom. The van der Waals surface area contributed by atoms with E-state index in [-0.39, 0.29) is 0 Å². The molecule has 2 aromatic carbocycles. The van der Waals surface area contributed by atoms with Crippen molar-refractivity contribution in [3.8, 4) is 0 Å². The number of fused-ring (bicyclic) bond motifs is 1. The van der Waals surface area contributed by atoms with Crippen LogP contribution in [0, 0.1) is 0 Å². The van der Waals surface area contributed by atoms with Crippen LogP contribution in [0.15, 0.2) is 59.8 Å². The maximum absolute atomic E-state index is 6.05. The van der Waals surface area contributed by atoms with E-state index in [0.29, 0.717) is 5.02 Å². The molecule has 0 radical (unpaired) electrons. The van der Waals surface area contributed by atoms with E-state index in [1.165, 1.54) is 5.69 Å². The number of ether oxygens (including phenoxy) is 1. The van der Waals surface area contributed by atoms with E-state index in [4.69, 9.17) is 16.3 Å². The zero-order valence-electron chi connectivity index (χ0n) is 15.2. The number of aromatic nitrogens is 1. The Bertz CT molecular complexity index is 966. The minimum atomic E-state index is 0.673. The van der Waals surface area contributed by atoms with Crippen LogP contribution in [0.4, 0.5) is 11.4 Å². The van der Waals surface area contributed by atoms with E-state index in [0.717, 1.165) is 54.2 Å². The number of hydrogen-bond donors (Lipinski definition) is 1. The zero-order valence-corrected chi connectivity index (χ0v) is 15.9. The quantitative estimate of drug-likeness (QED) is 0.532. The summed E-state index contributed by atoms with van der Waals surface area (Å²) < 4.78 is 5.41. The lowest BCUT2D eigenvalue weighted by atomic mass is 10.1. The zero-order chi connectivity index (χ0) is 18.6. The molecule has 1 aliphatic heterocycles. The number of anilines is 2. The van der Waals surface area contributed by atoms with Crippen molar-refractivity contribution in [1.29, 1.82) is 0 Å². The number of nitrogens with one attached hydrogen (secondary N) is 1. The summed E-state index contributed by atoms with van der Waals surface area (Å²) in [7, 11) is 0. The molecular weight excluding hydrogens is 360 g/mol. The SMILES string of the molecule is C/C(=N/Nc1ccnc2cc(Cl)ccc12)c1ccc(N2CCOCC2)cc1. The molecule has 6 heteroatoms. The number of rotatable bonds is 4. The van der Waals surface area contributed by atoms with Crippen molar-refractivity contribution in [2.45, 2.75) is 6.92 Å². The van der Waals surface area contributed by atoms with Crippen molar-refractivity contribution in [2.75, 3.05) is 36.6 Å². The average molecular weight is 381 g/mol. The highest BCUT2D eigenvalue weighted by atomic mass is 35.5. The lowest BCUT2D eigenvalue weighted by molar-refractivity contribution is 0.122. The Morgan fingerprint density at radius 2 is 1.89 bits per heavy atom. The van der Waals surface area contributed by atoms with Gasteiger partial charge in [-0.25, -0.2) is 0 Å². The highest BCUT2D eigenvalue weighted by Crippen LogP contribution is 2.24. The van der Waals surface area contributed by atoms with Gasteiger partial charge in [-0.3, -0.25) is 10.4 Å². The highest BCUT2D eigenvalue weighted by Gasteiger charge is 2.11. The van der Waals surface area contributed by atoms with Gasteiger partial charge in [-0.1, -0.05) is 23.7 Å². The molecule has 0 saturated carbocycles. The van der Waals surface area contributed by atoms with E-state index in [2.05, 4.69) is 44.7 Å². The molecule has 1 fully saturated rings. The second-order valence-corrected chi connectivity index (χ2v) is 6.91. The molecule has 0 atom stereocenters. The van der Waals surface area contributed by atoms with E-state index in [1.807, 2.05) is 31.2 Å². The van der Waals surface area contributed by atoms with Crippen LogP contribution < -0.4 is 10.3 Å². The lowest BCUT2D eigenvalue weighted by Gasteiger charge is -2.28. The third kappa shape index (κ3) is 4.04. The molecule has 4 rings (SSSR count). The standard InChI is InChI=1S/C21H21ClN4O/c1-15(16-2-5-18(6-3-16)26-10-12-27-13-11-26)24-25-20-8-9-23-21-14-17(22)4-7-19(20)21/h2-9,14H,10-13H2,1H3,(H,23,25)/b24-15-. The number of pyridine rings is 1. The minimum absolute atomic E-state index is 0.673. The molecule has 0 bridgehead atoms. The Kier molecular flexibility index (Phi) is 5.23. The van der Waals surface area contributed by atoms with Gasteiger partial charge in [0, 0.05) is 35.4 Å². The maximum atomic E-state index is 6.05. The van der Waals surface area contributed by atoms with Gasteiger partial charge in [-0.15, -0.1) is 0 Å². The van der Waals surface area contributed by atoms with Gasteiger partial charge in [0.1, 0.15) is 0 Å². The molecule has 1 saturated heterocycles. The van der Waals surface area contributed by atoms with Gasteiger partial charge in [0.05, 0.1) is 30.1 Å². The first-order valence-electron chi connectivity index (χ1n) is 8.98. The van der Waals surface area contributed by atoms with Crippen LogP contribution in [0.3, 0.4) is 0 Å². The van der Waals surface area contributed by atoms with E-state index in [9.17, 15) is 0 Å². The summed E-state index contributed by atoms with van der Waals surface area (Å²) in [6.07, 6.45) is 1.75. The largest absolute Gasteiger partial charge is 0.378 e. The normalized spacial score (nSPS) is 15.2. The van der Waals surface area contributed by atoms with Crippen LogP contribution in [0.5, 0.6) is 0 Å². The van der Waals surface area contributed by atoms with Crippen molar-refractivity contribution in [3.63, 3.8) is 0 Å². The van der Waals surface area contributed by atoms with Crippen LogP contribution in [0.1, 0.15) is 12.5 Å². The fourth-order valence-electron chi connectivity index (χ4n) is 3.16. The van der Waals surface area contributed by atoms with Gasteiger partial charge in [-0.05, 0) is 48.9 Å². The Hall–Kier alpha value is -2.63. The van der Waals surface area contributed by atoms with Gasteiger partial charge < -0.3 is 9.64 Å². The molecule has 2 heterocycles. The number of halogens is 1. The highest BCUT2D eigenvalue weighted by molar-refractivity contribution is 6.31. The molecule has 1 N–H and O–H groups in total. The second-order valence-electron chi connectivity index (χ2n) is 6.48. The van der Waals surface area contributed by atoms with Gasteiger partial charge in [-0.2, -0.15) is 5.10 Å². The van der Waals surface area contributed by atoms with Gasteiger partial charge >= 0.3 is 0 Å². The molecule has 138 valence electrons. The fourth-order valence-corrected chi connectivity index (χ4v) is 3.33. The smallest absolute Gasteiger partial charge is 0.0738 e. The molecular formula is C21H21ClN4O. The Morgan fingerprint density at radius 1 is 1.11 bits per heavy atom. The topological polar surface area (TPSA) is 49.8 Å². The third-order valence-electron chi connectivity index (χ3n) is 4.71. The van der Waals surface area contributed by atoms with Gasteiger partial charge in [0.2, 0.25) is 0 Å². The summed E-state index contributed by atoms with van der Waals surface area (Å²) in [5.41, 5.74) is 8.13. The van der Waals surface area contributed by atoms with E-state index >= 15 is 0 Å². The van der Waals surface area contributed by atoms with Gasteiger partial charge in [0.25, 0.3) is 0 Å². The molecule has 1 aromatic heterocycles. The Balaban J connectivity index is 1.51. The molecule has 5 nitrogen and oxygen atoms in total. The second kappa shape index (κ2) is 7.94. The molecule has 27 heavy (non-hydrogen) atoms. The van der Waals surface area contributed by atoms with Gasteiger partial charge in [0.15, 0.2) is 0 Å². The summed E-state index contributed by atoms with van der Waals surface area (Å²) in [5, 5.41) is 6.21. The molecule has 0 unspecified atom stereocenters. The minimum Gasteiger partial charge on any atom is -0.378 e. The first-order chi connectivity index (χ1) is 13.2. The maximum Gasteiger partial charge on any atom is 0.0738 e. The van der Waals surface area contributed by atoms with Crippen molar-refractivity contribution < 1.29 is 4.74 Å². The summed E-state index contributed by atoms with van der Waals surface area (Å²) in [4.78, 5) is 6.70. The molecule has 0 spiro atoms. The molecule has 3 aromatic rings. The Labute approximate surface area is 163 Å². The number of hydrogen-bond acceptors (Lipinski definition) is 5. The van der Waals surface area contributed by atoms with Crippen molar-refractivity contribution in [1.82, 2.24) is 4.98 Å². The molecule has 0 aliphatic carbocycles. The summed E-state index contributed by atoms with van der Waals surface area (Å²) in [6, 6.07) is 16.1. The van der Waals surface area contributed by atoms with E-state index < -0.39 is 0 Å². The van der Waals surface area contributed by atoms with E-state index in [1.54, 1.807) is 6.20 Å². The van der Waals surface area contributed by atoms with Crippen LogP contribution >= 0.6 is 11.6 Å². The number of hydrazone groups is 1. The predicted octanol–water partition coefficient (Wildman–Crippen LogP) is 4.56.